The molecule has 3 heteroatoms. The van der Waals surface area contributed by atoms with E-state index < -0.39 is 0 Å². The van der Waals surface area contributed by atoms with Crippen LogP contribution in [0.5, 0.6) is 0 Å². The molecule has 1 spiro atoms. The van der Waals surface area contributed by atoms with E-state index in [-0.39, 0.29) is 5.54 Å². The molecule has 16 heavy (non-hydrogen) atoms. The minimum Gasteiger partial charge on any atom is -0.370 e. The first-order valence-electron chi connectivity index (χ1n) is 5.83. The highest BCUT2D eigenvalue weighted by Gasteiger charge is 2.37. The number of nitrogens with two attached hydrogens (primary N) is 1. The fourth-order valence-electron chi connectivity index (χ4n) is 2.82. The van der Waals surface area contributed by atoms with E-state index in [0.29, 0.717) is 5.96 Å². The fourth-order valence-corrected chi connectivity index (χ4v) is 2.82. The molecule has 1 aromatic rings. The van der Waals surface area contributed by atoms with Crippen molar-refractivity contribution in [2.75, 3.05) is 6.54 Å². The maximum absolute atomic E-state index is 5.73. The highest BCUT2D eigenvalue weighted by Crippen LogP contribution is 2.31. The molecule has 1 aliphatic heterocycles. The summed E-state index contributed by atoms with van der Waals surface area (Å²) in [4.78, 5) is 4.29. The van der Waals surface area contributed by atoms with Crippen molar-refractivity contribution in [3.8, 4) is 0 Å². The SMILES string of the molecule is Cc1ccc2c(c1)CC1(CC2)CN=C(N)N1. The van der Waals surface area contributed by atoms with Crippen molar-refractivity contribution in [2.45, 2.75) is 31.7 Å². The summed E-state index contributed by atoms with van der Waals surface area (Å²) < 4.78 is 0. The molecule has 3 nitrogen and oxygen atoms in total. The summed E-state index contributed by atoms with van der Waals surface area (Å²) >= 11 is 0. The van der Waals surface area contributed by atoms with Crippen LogP contribution >= 0.6 is 0 Å². The Kier molecular flexibility index (Phi) is 1.96. The molecule has 0 saturated carbocycles. The van der Waals surface area contributed by atoms with E-state index in [9.17, 15) is 0 Å². The van der Waals surface area contributed by atoms with E-state index in [1.54, 1.807) is 0 Å². The summed E-state index contributed by atoms with van der Waals surface area (Å²) in [6, 6.07) is 6.76. The Bertz CT molecular complexity index is 464. The number of guanidine groups is 1. The Morgan fingerprint density at radius 3 is 3.00 bits per heavy atom. The number of hydrogen-bond donors (Lipinski definition) is 2. The van der Waals surface area contributed by atoms with Crippen molar-refractivity contribution < 1.29 is 0 Å². The quantitative estimate of drug-likeness (QED) is 0.682. The molecule has 2 aliphatic rings. The predicted octanol–water partition coefficient (Wildman–Crippen LogP) is 1.14. The molecule has 1 aromatic carbocycles. The van der Waals surface area contributed by atoms with Crippen molar-refractivity contribution in [2.24, 2.45) is 10.7 Å². The molecule has 1 heterocycles. The number of fused-ring (bicyclic) bond motifs is 1. The smallest absolute Gasteiger partial charge is 0.189 e. The summed E-state index contributed by atoms with van der Waals surface area (Å²) in [5.41, 5.74) is 10.1. The van der Waals surface area contributed by atoms with Gasteiger partial charge in [-0.3, -0.25) is 4.99 Å². The van der Waals surface area contributed by atoms with Gasteiger partial charge in [-0.25, -0.2) is 0 Å². The van der Waals surface area contributed by atoms with Gasteiger partial charge in [-0.2, -0.15) is 0 Å². The van der Waals surface area contributed by atoms with Gasteiger partial charge in [0.1, 0.15) is 0 Å². The minimum atomic E-state index is 0.102. The van der Waals surface area contributed by atoms with Crippen LogP contribution in [-0.2, 0) is 12.8 Å². The second-order valence-electron chi connectivity index (χ2n) is 5.06. The number of rotatable bonds is 0. The van der Waals surface area contributed by atoms with Gasteiger partial charge in [0.25, 0.3) is 0 Å². The van der Waals surface area contributed by atoms with E-state index in [2.05, 4.69) is 35.4 Å². The molecule has 3 rings (SSSR count). The van der Waals surface area contributed by atoms with Crippen LogP contribution in [0.1, 0.15) is 23.1 Å². The fraction of sp³-hybridized carbons (Fsp3) is 0.462. The van der Waals surface area contributed by atoms with Crippen molar-refractivity contribution in [1.82, 2.24) is 5.32 Å². The first-order chi connectivity index (χ1) is 7.67. The molecular formula is C13H17N3. The number of aliphatic imine (C=N–C) groups is 1. The number of aryl methyl sites for hydroxylation is 2. The molecular weight excluding hydrogens is 198 g/mol. The van der Waals surface area contributed by atoms with E-state index in [1.807, 2.05) is 0 Å². The molecule has 0 aromatic heterocycles. The van der Waals surface area contributed by atoms with Crippen LogP contribution < -0.4 is 11.1 Å². The standard InChI is InChI=1S/C13H17N3/c1-9-2-3-10-4-5-13(7-11(10)6-9)8-15-12(14)16-13/h2-3,6H,4-5,7-8H2,1H3,(H3,14,15,16). The van der Waals surface area contributed by atoms with Gasteiger partial charge in [-0.15, -0.1) is 0 Å². The normalized spacial score (nSPS) is 27.4. The van der Waals surface area contributed by atoms with Crippen LogP contribution in [0.25, 0.3) is 0 Å². The summed E-state index contributed by atoms with van der Waals surface area (Å²) in [6.45, 7) is 2.97. The highest BCUT2D eigenvalue weighted by atomic mass is 15.2. The first kappa shape index (κ1) is 9.70. The molecule has 0 radical (unpaired) electrons. The second-order valence-corrected chi connectivity index (χ2v) is 5.06. The lowest BCUT2D eigenvalue weighted by Gasteiger charge is -2.34. The maximum atomic E-state index is 5.73. The summed E-state index contributed by atoms with van der Waals surface area (Å²) in [6.07, 6.45) is 3.31. The van der Waals surface area contributed by atoms with Crippen LogP contribution in [-0.4, -0.2) is 18.0 Å². The Morgan fingerprint density at radius 1 is 1.38 bits per heavy atom. The third-order valence-corrected chi connectivity index (χ3v) is 3.71. The van der Waals surface area contributed by atoms with E-state index in [4.69, 9.17) is 5.73 Å². The molecule has 0 bridgehead atoms. The lowest BCUT2D eigenvalue weighted by molar-refractivity contribution is 0.361. The lowest BCUT2D eigenvalue weighted by atomic mass is 9.78. The maximum Gasteiger partial charge on any atom is 0.189 e. The molecule has 0 amide bonds. The summed E-state index contributed by atoms with van der Waals surface area (Å²) in [5, 5.41) is 3.36. The number of hydrogen-bond acceptors (Lipinski definition) is 3. The van der Waals surface area contributed by atoms with Gasteiger partial charge in [0.15, 0.2) is 5.96 Å². The number of nitrogens with zero attached hydrogens (tertiary/aromatic N) is 1. The van der Waals surface area contributed by atoms with Crippen LogP contribution in [0.4, 0.5) is 0 Å². The molecule has 3 N–H and O–H groups in total. The van der Waals surface area contributed by atoms with Crippen molar-refractivity contribution in [1.29, 1.82) is 0 Å². The summed E-state index contributed by atoms with van der Waals surface area (Å²) in [5.74, 6) is 0.608. The van der Waals surface area contributed by atoms with Gasteiger partial charge < -0.3 is 11.1 Å². The Morgan fingerprint density at radius 2 is 2.25 bits per heavy atom. The highest BCUT2D eigenvalue weighted by molar-refractivity contribution is 5.80. The molecule has 0 fully saturated rings. The lowest BCUT2D eigenvalue weighted by Crippen LogP contribution is -2.51. The molecule has 1 aliphatic carbocycles. The molecule has 1 unspecified atom stereocenters. The van der Waals surface area contributed by atoms with Crippen molar-refractivity contribution in [3.63, 3.8) is 0 Å². The predicted molar refractivity (Wildman–Crippen MR) is 65.6 cm³/mol. The van der Waals surface area contributed by atoms with Crippen molar-refractivity contribution in [3.05, 3.63) is 34.9 Å². The Hall–Kier alpha value is -1.51. The zero-order valence-electron chi connectivity index (χ0n) is 9.59. The van der Waals surface area contributed by atoms with Crippen LogP contribution in [0.15, 0.2) is 23.2 Å². The van der Waals surface area contributed by atoms with Crippen LogP contribution in [0, 0.1) is 6.92 Å². The van der Waals surface area contributed by atoms with Gasteiger partial charge in [0.05, 0.1) is 12.1 Å². The van der Waals surface area contributed by atoms with E-state index >= 15 is 0 Å². The Labute approximate surface area is 95.8 Å². The zero-order chi connectivity index (χ0) is 11.2. The average molecular weight is 215 g/mol. The van der Waals surface area contributed by atoms with Crippen LogP contribution in [0.3, 0.4) is 0 Å². The van der Waals surface area contributed by atoms with E-state index in [1.165, 1.54) is 16.7 Å². The van der Waals surface area contributed by atoms with Gasteiger partial charge in [0, 0.05) is 0 Å². The number of benzene rings is 1. The van der Waals surface area contributed by atoms with Gasteiger partial charge in [-0.1, -0.05) is 23.8 Å². The number of nitrogens with one attached hydrogen (secondary N) is 1. The Balaban J connectivity index is 1.91. The second kappa shape index (κ2) is 3.24. The zero-order valence-corrected chi connectivity index (χ0v) is 9.59. The van der Waals surface area contributed by atoms with Crippen molar-refractivity contribution >= 4 is 5.96 Å². The third kappa shape index (κ3) is 1.47. The van der Waals surface area contributed by atoms with Gasteiger partial charge >= 0.3 is 0 Å². The van der Waals surface area contributed by atoms with Crippen LogP contribution in [0.2, 0.25) is 0 Å². The first-order valence-corrected chi connectivity index (χ1v) is 5.83. The minimum absolute atomic E-state index is 0.102. The molecule has 84 valence electrons. The van der Waals surface area contributed by atoms with Gasteiger partial charge in [-0.05, 0) is 37.3 Å². The van der Waals surface area contributed by atoms with E-state index in [0.717, 1.165) is 25.8 Å². The molecule has 1 atom stereocenters. The molecule has 0 saturated heterocycles. The summed E-state index contributed by atoms with van der Waals surface area (Å²) in [7, 11) is 0. The third-order valence-electron chi connectivity index (χ3n) is 3.71. The topological polar surface area (TPSA) is 50.4 Å². The van der Waals surface area contributed by atoms with Gasteiger partial charge in [0.2, 0.25) is 0 Å². The monoisotopic (exact) mass is 215 g/mol. The average Bonchev–Trinajstić information content (AvgIpc) is 2.59. The largest absolute Gasteiger partial charge is 0.370 e.